The summed E-state index contributed by atoms with van der Waals surface area (Å²) in [6.07, 6.45) is 3.65. The largest absolute Gasteiger partial charge is 0.490 e. The van der Waals surface area contributed by atoms with E-state index in [1.165, 1.54) is 19.3 Å². The standard InChI is InChI=1S/C14H20N2O3S/c1-11-10-19-13-9-12(16-7-3-2-4-8-16)5-6-14(13)20(17,18)15-11/h5-6,9,11,15H,2-4,7-8,10H2,1H3/t11-/m0/s1. The van der Waals surface area contributed by atoms with Gasteiger partial charge in [0.25, 0.3) is 0 Å². The third-order valence-electron chi connectivity index (χ3n) is 3.78. The maximum absolute atomic E-state index is 12.2. The van der Waals surface area contributed by atoms with E-state index in [1.54, 1.807) is 13.0 Å². The van der Waals surface area contributed by atoms with E-state index in [9.17, 15) is 8.42 Å². The van der Waals surface area contributed by atoms with Crippen LogP contribution in [0.15, 0.2) is 23.1 Å². The van der Waals surface area contributed by atoms with Crippen LogP contribution in [0.25, 0.3) is 0 Å². The number of sulfonamides is 1. The Labute approximate surface area is 120 Å². The Balaban J connectivity index is 1.96. The van der Waals surface area contributed by atoms with Gasteiger partial charge >= 0.3 is 0 Å². The second-order valence-electron chi connectivity index (χ2n) is 5.51. The summed E-state index contributed by atoms with van der Waals surface area (Å²) < 4.78 is 32.6. The molecule has 6 heteroatoms. The van der Waals surface area contributed by atoms with E-state index in [1.807, 2.05) is 12.1 Å². The van der Waals surface area contributed by atoms with Crippen LogP contribution in [0.1, 0.15) is 26.2 Å². The molecule has 1 N–H and O–H groups in total. The summed E-state index contributed by atoms with van der Waals surface area (Å²) in [5.74, 6) is 0.463. The van der Waals surface area contributed by atoms with E-state index in [0.29, 0.717) is 12.4 Å². The van der Waals surface area contributed by atoms with Crippen LogP contribution < -0.4 is 14.4 Å². The first-order valence-electron chi connectivity index (χ1n) is 7.10. The molecule has 1 saturated heterocycles. The first-order chi connectivity index (χ1) is 9.56. The van der Waals surface area contributed by atoms with Crippen molar-refractivity contribution < 1.29 is 13.2 Å². The number of ether oxygens (including phenoxy) is 1. The van der Waals surface area contributed by atoms with Gasteiger partial charge in [0, 0.05) is 24.8 Å². The maximum Gasteiger partial charge on any atom is 0.244 e. The molecule has 2 heterocycles. The first-order valence-corrected chi connectivity index (χ1v) is 8.59. The zero-order chi connectivity index (χ0) is 14.2. The fraction of sp³-hybridized carbons (Fsp3) is 0.571. The summed E-state index contributed by atoms with van der Waals surface area (Å²) >= 11 is 0. The molecule has 0 saturated carbocycles. The van der Waals surface area contributed by atoms with Gasteiger partial charge < -0.3 is 9.64 Å². The van der Waals surface area contributed by atoms with E-state index in [-0.39, 0.29) is 10.9 Å². The van der Waals surface area contributed by atoms with Crippen LogP contribution in [-0.4, -0.2) is 34.2 Å². The Bertz CT molecular complexity index is 594. The van der Waals surface area contributed by atoms with Gasteiger partial charge in [-0.1, -0.05) is 0 Å². The highest BCUT2D eigenvalue weighted by Crippen LogP contribution is 2.32. The maximum atomic E-state index is 12.2. The number of nitrogens with zero attached hydrogens (tertiary/aromatic N) is 1. The minimum Gasteiger partial charge on any atom is -0.490 e. The molecule has 0 unspecified atom stereocenters. The second-order valence-corrected chi connectivity index (χ2v) is 7.19. The summed E-state index contributed by atoms with van der Waals surface area (Å²) in [5.41, 5.74) is 1.05. The van der Waals surface area contributed by atoms with Gasteiger partial charge in [0.1, 0.15) is 17.3 Å². The van der Waals surface area contributed by atoms with Gasteiger partial charge in [-0.3, -0.25) is 0 Å². The molecule has 1 atom stereocenters. The zero-order valence-electron chi connectivity index (χ0n) is 11.6. The quantitative estimate of drug-likeness (QED) is 0.857. The minimum absolute atomic E-state index is 0.217. The Morgan fingerprint density at radius 1 is 1.25 bits per heavy atom. The van der Waals surface area contributed by atoms with Crippen molar-refractivity contribution in [2.24, 2.45) is 0 Å². The molecule has 5 nitrogen and oxygen atoms in total. The highest BCUT2D eigenvalue weighted by atomic mass is 32.2. The fourth-order valence-electron chi connectivity index (χ4n) is 2.76. The molecule has 1 aromatic rings. The van der Waals surface area contributed by atoms with Crippen molar-refractivity contribution in [3.8, 4) is 5.75 Å². The number of hydrogen-bond donors (Lipinski definition) is 1. The summed E-state index contributed by atoms with van der Waals surface area (Å²) in [6, 6.07) is 5.17. The molecule has 3 rings (SSSR count). The molecular weight excluding hydrogens is 276 g/mol. The smallest absolute Gasteiger partial charge is 0.244 e. The molecule has 2 aliphatic rings. The van der Waals surface area contributed by atoms with Crippen LogP contribution in [0, 0.1) is 0 Å². The van der Waals surface area contributed by atoms with Crippen LogP contribution in [0.2, 0.25) is 0 Å². The summed E-state index contributed by atoms with van der Waals surface area (Å²) in [7, 11) is -3.47. The summed E-state index contributed by atoms with van der Waals surface area (Å²) in [5, 5.41) is 0. The lowest BCUT2D eigenvalue weighted by Crippen LogP contribution is -2.34. The van der Waals surface area contributed by atoms with Gasteiger partial charge in [0.15, 0.2) is 0 Å². The van der Waals surface area contributed by atoms with Crippen molar-refractivity contribution in [2.45, 2.75) is 37.1 Å². The van der Waals surface area contributed by atoms with Crippen molar-refractivity contribution in [3.05, 3.63) is 18.2 Å². The Hall–Kier alpha value is -1.27. The van der Waals surface area contributed by atoms with Crippen LogP contribution in [0.3, 0.4) is 0 Å². The van der Waals surface area contributed by atoms with Crippen LogP contribution in [0.4, 0.5) is 5.69 Å². The van der Waals surface area contributed by atoms with Crippen molar-refractivity contribution in [1.82, 2.24) is 4.72 Å². The Morgan fingerprint density at radius 2 is 2.00 bits per heavy atom. The average Bonchev–Trinajstić information content (AvgIpc) is 2.56. The SMILES string of the molecule is C[C@H]1COc2cc(N3CCCCC3)ccc2S(=O)(=O)N1. The van der Waals surface area contributed by atoms with Crippen molar-refractivity contribution >= 4 is 15.7 Å². The Kier molecular flexibility index (Phi) is 3.60. The van der Waals surface area contributed by atoms with Gasteiger partial charge in [-0.15, -0.1) is 0 Å². The number of hydrogen-bond acceptors (Lipinski definition) is 4. The van der Waals surface area contributed by atoms with E-state index in [0.717, 1.165) is 18.8 Å². The molecule has 0 spiro atoms. The van der Waals surface area contributed by atoms with E-state index < -0.39 is 10.0 Å². The van der Waals surface area contributed by atoms with Crippen LogP contribution in [0.5, 0.6) is 5.75 Å². The molecule has 1 fully saturated rings. The number of nitrogens with one attached hydrogen (secondary N) is 1. The lowest BCUT2D eigenvalue weighted by Gasteiger charge is -2.29. The number of piperidine rings is 1. The van der Waals surface area contributed by atoms with Gasteiger partial charge in [-0.05, 0) is 38.3 Å². The van der Waals surface area contributed by atoms with Gasteiger partial charge in [0.05, 0.1) is 6.04 Å². The van der Waals surface area contributed by atoms with Crippen LogP contribution in [-0.2, 0) is 10.0 Å². The second kappa shape index (κ2) is 5.26. The first kappa shape index (κ1) is 13.7. The average molecular weight is 296 g/mol. The molecule has 110 valence electrons. The van der Waals surface area contributed by atoms with E-state index >= 15 is 0 Å². The molecule has 0 radical (unpaired) electrons. The highest BCUT2D eigenvalue weighted by Gasteiger charge is 2.27. The van der Waals surface area contributed by atoms with Gasteiger partial charge in [-0.2, -0.15) is 0 Å². The number of fused-ring (bicyclic) bond motifs is 1. The lowest BCUT2D eigenvalue weighted by atomic mass is 10.1. The molecule has 0 bridgehead atoms. The number of anilines is 1. The third kappa shape index (κ3) is 2.62. The lowest BCUT2D eigenvalue weighted by molar-refractivity contribution is 0.288. The minimum atomic E-state index is -3.47. The molecular formula is C14H20N2O3S. The van der Waals surface area contributed by atoms with E-state index in [4.69, 9.17) is 4.74 Å². The van der Waals surface area contributed by atoms with Crippen molar-refractivity contribution in [3.63, 3.8) is 0 Å². The third-order valence-corrected chi connectivity index (χ3v) is 5.41. The molecule has 2 aliphatic heterocycles. The molecule has 0 aromatic heterocycles. The molecule has 0 amide bonds. The topological polar surface area (TPSA) is 58.6 Å². The van der Waals surface area contributed by atoms with Gasteiger partial charge in [0.2, 0.25) is 10.0 Å². The fourth-order valence-corrected chi connectivity index (χ4v) is 4.11. The summed E-state index contributed by atoms with van der Waals surface area (Å²) in [6.45, 7) is 4.21. The summed E-state index contributed by atoms with van der Waals surface area (Å²) in [4.78, 5) is 2.53. The van der Waals surface area contributed by atoms with Gasteiger partial charge in [-0.25, -0.2) is 13.1 Å². The zero-order valence-corrected chi connectivity index (χ0v) is 12.4. The molecule has 0 aliphatic carbocycles. The van der Waals surface area contributed by atoms with E-state index in [2.05, 4.69) is 9.62 Å². The predicted molar refractivity (Wildman–Crippen MR) is 77.8 cm³/mol. The number of benzene rings is 1. The molecule has 20 heavy (non-hydrogen) atoms. The van der Waals surface area contributed by atoms with Crippen LogP contribution >= 0.6 is 0 Å². The number of rotatable bonds is 1. The van der Waals surface area contributed by atoms with Crippen molar-refractivity contribution in [2.75, 3.05) is 24.6 Å². The monoisotopic (exact) mass is 296 g/mol. The normalized spacial score (nSPS) is 25.4. The van der Waals surface area contributed by atoms with Crippen molar-refractivity contribution in [1.29, 1.82) is 0 Å². The predicted octanol–water partition coefficient (Wildman–Crippen LogP) is 1.74. The highest BCUT2D eigenvalue weighted by molar-refractivity contribution is 7.89. The Morgan fingerprint density at radius 3 is 2.75 bits per heavy atom. The molecule has 1 aromatic carbocycles.